The standard InChI is InChI=1S/C19H20Cl2N2O2S/c1-19(2,13-6-4-3-5-7-13)18(25)23-10-8-22(9-11-23)17(24)14-12-15(20)26-16(14)21/h3-7,12H,8-11H2,1-2H3. The molecule has 1 aromatic carbocycles. The van der Waals surface area contributed by atoms with E-state index in [4.69, 9.17) is 23.2 Å². The number of amides is 2. The summed E-state index contributed by atoms with van der Waals surface area (Å²) in [6, 6.07) is 11.4. The van der Waals surface area contributed by atoms with Gasteiger partial charge in [-0.25, -0.2) is 0 Å². The highest BCUT2D eigenvalue weighted by Gasteiger charge is 2.36. The Balaban J connectivity index is 1.66. The van der Waals surface area contributed by atoms with Crippen molar-refractivity contribution >= 4 is 46.4 Å². The topological polar surface area (TPSA) is 40.6 Å². The van der Waals surface area contributed by atoms with Gasteiger partial charge in [0.25, 0.3) is 5.91 Å². The minimum atomic E-state index is -0.600. The van der Waals surface area contributed by atoms with Gasteiger partial charge in [0.1, 0.15) is 4.34 Å². The molecule has 138 valence electrons. The van der Waals surface area contributed by atoms with Crippen LogP contribution in [-0.4, -0.2) is 47.8 Å². The fraction of sp³-hybridized carbons (Fsp3) is 0.368. The van der Waals surface area contributed by atoms with Crippen molar-refractivity contribution in [1.82, 2.24) is 9.80 Å². The number of nitrogens with zero attached hydrogens (tertiary/aromatic N) is 2. The number of thiophene rings is 1. The lowest BCUT2D eigenvalue weighted by Crippen LogP contribution is -2.54. The van der Waals surface area contributed by atoms with Crippen LogP contribution >= 0.6 is 34.5 Å². The summed E-state index contributed by atoms with van der Waals surface area (Å²) >= 11 is 13.2. The van der Waals surface area contributed by atoms with Gasteiger partial charge in [0.2, 0.25) is 5.91 Å². The minimum absolute atomic E-state index is 0.0763. The first-order chi connectivity index (χ1) is 12.3. The second kappa shape index (κ2) is 7.59. The summed E-state index contributed by atoms with van der Waals surface area (Å²) in [4.78, 5) is 29.2. The van der Waals surface area contributed by atoms with Gasteiger partial charge in [-0.05, 0) is 25.5 Å². The van der Waals surface area contributed by atoms with Gasteiger partial charge in [0, 0.05) is 26.2 Å². The molecule has 1 aromatic heterocycles. The van der Waals surface area contributed by atoms with E-state index in [0.717, 1.165) is 5.56 Å². The van der Waals surface area contributed by atoms with Crippen LogP contribution in [0, 0.1) is 0 Å². The molecule has 1 aliphatic heterocycles. The number of carbonyl (C=O) groups excluding carboxylic acids is 2. The van der Waals surface area contributed by atoms with Crippen LogP contribution in [0.2, 0.25) is 8.67 Å². The first kappa shape index (κ1) is 19.2. The van der Waals surface area contributed by atoms with Gasteiger partial charge in [-0.2, -0.15) is 0 Å². The molecule has 7 heteroatoms. The molecular formula is C19H20Cl2N2O2S. The zero-order valence-electron chi connectivity index (χ0n) is 14.7. The summed E-state index contributed by atoms with van der Waals surface area (Å²) in [5.74, 6) is -0.0556. The van der Waals surface area contributed by atoms with E-state index in [1.807, 2.05) is 49.1 Å². The molecule has 2 heterocycles. The average Bonchev–Trinajstić information content (AvgIpc) is 2.99. The van der Waals surface area contributed by atoms with Gasteiger partial charge in [0.05, 0.1) is 15.3 Å². The molecule has 2 amide bonds. The lowest BCUT2D eigenvalue weighted by molar-refractivity contribution is -0.137. The molecule has 4 nitrogen and oxygen atoms in total. The van der Waals surface area contributed by atoms with Crippen molar-refractivity contribution in [3.8, 4) is 0 Å². The normalized spacial score (nSPS) is 15.2. The zero-order valence-corrected chi connectivity index (χ0v) is 17.0. The number of hydrogen-bond acceptors (Lipinski definition) is 3. The van der Waals surface area contributed by atoms with Crippen LogP contribution in [0.1, 0.15) is 29.8 Å². The molecule has 0 unspecified atom stereocenters. The molecular weight excluding hydrogens is 391 g/mol. The summed E-state index contributed by atoms with van der Waals surface area (Å²) in [7, 11) is 0. The molecule has 1 fully saturated rings. The zero-order chi connectivity index (χ0) is 18.9. The number of halogens is 2. The molecule has 26 heavy (non-hydrogen) atoms. The molecule has 0 radical (unpaired) electrons. The highest BCUT2D eigenvalue weighted by atomic mass is 35.5. The predicted octanol–water partition coefficient (Wildman–Crippen LogP) is 4.32. The highest BCUT2D eigenvalue weighted by molar-refractivity contribution is 7.20. The van der Waals surface area contributed by atoms with E-state index >= 15 is 0 Å². The maximum Gasteiger partial charge on any atom is 0.256 e. The molecule has 1 aliphatic rings. The number of hydrogen-bond donors (Lipinski definition) is 0. The molecule has 0 saturated carbocycles. The van der Waals surface area contributed by atoms with E-state index in [1.165, 1.54) is 11.3 Å². The van der Waals surface area contributed by atoms with E-state index in [1.54, 1.807) is 11.0 Å². The number of benzene rings is 1. The van der Waals surface area contributed by atoms with Crippen molar-refractivity contribution in [2.75, 3.05) is 26.2 Å². The maximum absolute atomic E-state index is 13.0. The van der Waals surface area contributed by atoms with Gasteiger partial charge in [-0.1, -0.05) is 53.5 Å². The predicted molar refractivity (Wildman–Crippen MR) is 106 cm³/mol. The third-order valence-corrected chi connectivity index (χ3v) is 6.26. The van der Waals surface area contributed by atoms with Crippen LogP contribution in [0.3, 0.4) is 0 Å². The Morgan fingerprint density at radius 1 is 1.00 bits per heavy atom. The van der Waals surface area contributed by atoms with Crippen molar-refractivity contribution in [3.05, 3.63) is 56.2 Å². The first-order valence-corrected chi connectivity index (χ1v) is 9.97. The summed E-state index contributed by atoms with van der Waals surface area (Å²) in [5, 5.41) is 0. The lowest BCUT2D eigenvalue weighted by atomic mass is 9.83. The second-order valence-electron chi connectivity index (χ2n) is 6.81. The molecule has 0 bridgehead atoms. The van der Waals surface area contributed by atoms with E-state index in [0.29, 0.717) is 40.4 Å². The van der Waals surface area contributed by atoms with Gasteiger partial charge < -0.3 is 9.80 Å². The summed E-state index contributed by atoms with van der Waals surface area (Å²) < 4.78 is 0.903. The Bertz CT molecular complexity index is 812. The monoisotopic (exact) mass is 410 g/mol. The van der Waals surface area contributed by atoms with Gasteiger partial charge >= 0.3 is 0 Å². The maximum atomic E-state index is 13.0. The van der Waals surface area contributed by atoms with Crippen LogP contribution in [0.25, 0.3) is 0 Å². The quantitative estimate of drug-likeness (QED) is 0.755. The van der Waals surface area contributed by atoms with Crippen LogP contribution in [-0.2, 0) is 10.2 Å². The molecule has 0 aliphatic carbocycles. The highest BCUT2D eigenvalue weighted by Crippen LogP contribution is 2.32. The third kappa shape index (κ3) is 3.75. The van der Waals surface area contributed by atoms with Crippen LogP contribution in [0.15, 0.2) is 36.4 Å². The molecule has 0 N–H and O–H groups in total. The van der Waals surface area contributed by atoms with Crippen molar-refractivity contribution < 1.29 is 9.59 Å². The fourth-order valence-electron chi connectivity index (χ4n) is 3.14. The Hall–Kier alpha value is -1.56. The van der Waals surface area contributed by atoms with E-state index < -0.39 is 5.41 Å². The van der Waals surface area contributed by atoms with Crippen molar-refractivity contribution in [3.63, 3.8) is 0 Å². The average molecular weight is 411 g/mol. The van der Waals surface area contributed by atoms with E-state index in [9.17, 15) is 9.59 Å². The van der Waals surface area contributed by atoms with Crippen molar-refractivity contribution in [2.45, 2.75) is 19.3 Å². The number of carbonyl (C=O) groups is 2. The summed E-state index contributed by atoms with van der Waals surface area (Å²) in [6.45, 7) is 5.87. The van der Waals surface area contributed by atoms with Gasteiger partial charge in [-0.3, -0.25) is 9.59 Å². The molecule has 0 spiro atoms. The van der Waals surface area contributed by atoms with Crippen molar-refractivity contribution in [2.24, 2.45) is 0 Å². The number of piperazine rings is 1. The molecule has 0 atom stereocenters. The Labute approximate surface area is 167 Å². The SMILES string of the molecule is CC(C)(C(=O)N1CCN(C(=O)c2cc(Cl)sc2Cl)CC1)c1ccccc1. The lowest BCUT2D eigenvalue weighted by Gasteiger charge is -2.38. The smallest absolute Gasteiger partial charge is 0.256 e. The van der Waals surface area contributed by atoms with Crippen LogP contribution < -0.4 is 0 Å². The minimum Gasteiger partial charge on any atom is -0.338 e. The second-order valence-corrected chi connectivity index (χ2v) is 9.10. The Morgan fingerprint density at radius 3 is 2.12 bits per heavy atom. The fourth-order valence-corrected chi connectivity index (χ4v) is 4.59. The van der Waals surface area contributed by atoms with Gasteiger partial charge in [-0.15, -0.1) is 11.3 Å². The van der Waals surface area contributed by atoms with Gasteiger partial charge in [0.15, 0.2) is 0 Å². The number of rotatable bonds is 3. The van der Waals surface area contributed by atoms with Crippen LogP contribution in [0.5, 0.6) is 0 Å². The Kier molecular flexibility index (Phi) is 5.61. The van der Waals surface area contributed by atoms with E-state index in [2.05, 4.69) is 0 Å². The molecule has 1 saturated heterocycles. The summed E-state index contributed by atoms with van der Waals surface area (Å²) in [6.07, 6.45) is 0. The van der Waals surface area contributed by atoms with Crippen molar-refractivity contribution in [1.29, 1.82) is 0 Å². The Morgan fingerprint density at radius 2 is 1.58 bits per heavy atom. The van der Waals surface area contributed by atoms with E-state index in [-0.39, 0.29) is 11.8 Å². The first-order valence-electron chi connectivity index (χ1n) is 8.39. The third-order valence-electron chi connectivity index (χ3n) is 4.77. The molecule has 2 aromatic rings. The largest absolute Gasteiger partial charge is 0.338 e. The summed E-state index contributed by atoms with van der Waals surface area (Å²) in [5.41, 5.74) is 0.826. The molecule has 3 rings (SSSR count). The van der Waals surface area contributed by atoms with Crippen LogP contribution in [0.4, 0.5) is 0 Å².